The van der Waals surface area contributed by atoms with Crippen molar-refractivity contribution in [2.75, 3.05) is 13.2 Å². The van der Waals surface area contributed by atoms with E-state index >= 15 is 0 Å². The topological polar surface area (TPSA) is 35.0 Å². The van der Waals surface area contributed by atoms with E-state index in [0.717, 1.165) is 0 Å². The molecule has 8 heteroatoms. The minimum absolute atomic E-state index is 0.145. The fourth-order valence-corrected chi connectivity index (χ4v) is 2.27. The van der Waals surface area contributed by atoms with Crippen LogP contribution in [0.15, 0.2) is 11.1 Å². The number of thioether (sulfide) groups is 1. The number of rotatable bonds is 2. The molecule has 0 N–H and O–H groups in total. The molecule has 1 saturated heterocycles. The van der Waals surface area contributed by atoms with Crippen LogP contribution in [-0.4, -0.2) is 28.4 Å². The third-order valence-electron chi connectivity index (χ3n) is 1.82. The Labute approximate surface area is 98.4 Å². The first-order valence-electron chi connectivity index (χ1n) is 4.31. The zero-order valence-corrected chi connectivity index (χ0v) is 9.36. The van der Waals surface area contributed by atoms with Crippen molar-refractivity contribution in [3.05, 3.63) is 17.0 Å². The van der Waals surface area contributed by atoms with Gasteiger partial charge in [-0.05, 0) is 0 Å². The van der Waals surface area contributed by atoms with Gasteiger partial charge >= 0.3 is 6.18 Å². The molecule has 1 aromatic heterocycles. The minimum atomic E-state index is -4.57. The Hall–Kier alpha value is -0.530. The summed E-state index contributed by atoms with van der Waals surface area (Å²) in [6.45, 7) is 1.04. The summed E-state index contributed by atoms with van der Waals surface area (Å²) in [5, 5.41) is 0.165. The molecule has 1 aliphatic rings. The standard InChI is InChI=1S/C8H6ClF3N2OS/c9-5-1-6(16-4-2-15-3-4)14-7(13-5)8(10,11)12/h1,4H,2-3H2. The highest BCUT2D eigenvalue weighted by atomic mass is 35.5. The first-order valence-corrected chi connectivity index (χ1v) is 5.57. The van der Waals surface area contributed by atoms with E-state index in [0.29, 0.717) is 13.2 Å². The molecular weight excluding hydrogens is 265 g/mol. The maximum atomic E-state index is 12.4. The summed E-state index contributed by atoms with van der Waals surface area (Å²) in [5.74, 6) is -1.21. The van der Waals surface area contributed by atoms with Crippen molar-refractivity contribution in [3.63, 3.8) is 0 Å². The SMILES string of the molecule is FC(F)(F)c1nc(Cl)cc(SC2COC2)n1. The Morgan fingerprint density at radius 2 is 2.06 bits per heavy atom. The number of ether oxygens (including phenoxy) is 1. The molecule has 1 aliphatic heterocycles. The van der Waals surface area contributed by atoms with Crippen molar-refractivity contribution >= 4 is 23.4 Å². The van der Waals surface area contributed by atoms with Gasteiger partial charge in [0.1, 0.15) is 10.2 Å². The zero-order valence-electron chi connectivity index (χ0n) is 7.79. The summed E-state index contributed by atoms with van der Waals surface area (Å²) in [4.78, 5) is 6.55. The van der Waals surface area contributed by atoms with Crippen LogP contribution in [-0.2, 0) is 10.9 Å². The molecule has 16 heavy (non-hydrogen) atoms. The van der Waals surface area contributed by atoms with Gasteiger partial charge in [0.25, 0.3) is 0 Å². The lowest BCUT2D eigenvalue weighted by atomic mass is 10.4. The van der Waals surface area contributed by atoms with Crippen LogP contribution in [0.3, 0.4) is 0 Å². The van der Waals surface area contributed by atoms with E-state index in [2.05, 4.69) is 9.97 Å². The number of hydrogen-bond donors (Lipinski definition) is 0. The van der Waals surface area contributed by atoms with Gasteiger partial charge in [0.2, 0.25) is 5.82 Å². The lowest BCUT2D eigenvalue weighted by Crippen LogP contribution is -2.30. The predicted octanol–water partition coefficient (Wildman–Crippen LogP) is 2.64. The van der Waals surface area contributed by atoms with Crippen molar-refractivity contribution in [2.24, 2.45) is 0 Å². The van der Waals surface area contributed by atoms with Crippen LogP contribution in [0.2, 0.25) is 5.15 Å². The van der Waals surface area contributed by atoms with Gasteiger partial charge in [-0.3, -0.25) is 0 Å². The maximum absolute atomic E-state index is 12.4. The summed E-state index contributed by atoms with van der Waals surface area (Å²) < 4.78 is 42.0. The molecule has 0 amide bonds. The van der Waals surface area contributed by atoms with Gasteiger partial charge in [-0.2, -0.15) is 13.2 Å². The largest absolute Gasteiger partial charge is 0.451 e. The molecular formula is C8H6ClF3N2OS. The summed E-state index contributed by atoms with van der Waals surface area (Å²) in [5.41, 5.74) is 0. The lowest BCUT2D eigenvalue weighted by molar-refractivity contribution is -0.145. The Morgan fingerprint density at radius 3 is 2.56 bits per heavy atom. The molecule has 0 saturated carbocycles. The number of halogens is 4. The van der Waals surface area contributed by atoms with Gasteiger partial charge in [0.15, 0.2) is 0 Å². The fraction of sp³-hybridized carbons (Fsp3) is 0.500. The lowest BCUT2D eigenvalue weighted by Gasteiger charge is -2.24. The summed E-state index contributed by atoms with van der Waals surface area (Å²) >= 11 is 6.72. The summed E-state index contributed by atoms with van der Waals surface area (Å²) in [6, 6.07) is 1.32. The first kappa shape index (κ1) is 11.9. The highest BCUT2D eigenvalue weighted by Gasteiger charge is 2.35. The van der Waals surface area contributed by atoms with Crippen LogP contribution in [0.25, 0.3) is 0 Å². The Kier molecular flexibility index (Phi) is 3.27. The smallest absolute Gasteiger partial charge is 0.379 e. The highest BCUT2D eigenvalue weighted by molar-refractivity contribution is 8.00. The van der Waals surface area contributed by atoms with Gasteiger partial charge in [-0.25, -0.2) is 9.97 Å². The monoisotopic (exact) mass is 270 g/mol. The van der Waals surface area contributed by atoms with Crippen molar-refractivity contribution < 1.29 is 17.9 Å². The van der Waals surface area contributed by atoms with Crippen LogP contribution in [0.4, 0.5) is 13.2 Å². The van der Waals surface area contributed by atoms with Crippen LogP contribution in [0.5, 0.6) is 0 Å². The molecule has 1 fully saturated rings. The second-order valence-electron chi connectivity index (χ2n) is 3.13. The van der Waals surface area contributed by atoms with Gasteiger partial charge in [0.05, 0.1) is 18.5 Å². The second-order valence-corrected chi connectivity index (χ2v) is 4.84. The molecule has 2 heterocycles. The van der Waals surface area contributed by atoms with Crippen LogP contribution >= 0.6 is 23.4 Å². The van der Waals surface area contributed by atoms with E-state index in [4.69, 9.17) is 16.3 Å². The Balaban J connectivity index is 2.21. The molecule has 0 unspecified atom stereocenters. The number of nitrogens with zero attached hydrogens (tertiary/aromatic N) is 2. The molecule has 0 bridgehead atoms. The molecule has 1 aromatic rings. The minimum Gasteiger partial charge on any atom is -0.379 e. The van der Waals surface area contributed by atoms with E-state index in [-0.39, 0.29) is 15.4 Å². The summed E-state index contributed by atoms with van der Waals surface area (Å²) in [6.07, 6.45) is -4.57. The van der Waals surface area contributed by atoms with E-state index in [9.17, 15) is 13.2 Å². The van der Waals surface area contributed by atoms with Crippen molar-refractivity contribution in [1.29, 1.82) is 0 Å². The van der Waals surface area contributed by atoms with Gasteiger partial charge in [-0.15, -0.1) is 0 Å². The molecule has 0 atom stereocenters. The molecule has 0 radical (unpaired) electrons. The van der Waals surface area contributed by atoms with Crippen molar-refractivity contribution in [2.45, 2.75) is 16.5 Å². The number of aromatic nitrogens is 2. The van der Waals surface area contributed by atoms with Gasteiger partial charge in [-0.1, -0.05) is 23.4 Å². The van der Waals surface area contributed by atoms with Gasteiger partial charge in [0, 0.05) is 6.07 Å². The Morgan fingerprint density at radius 1 is 1.38 bits per heavy atom. The molecule has 0 spiro atoms. The Bertz CT molecular complexity index is 397. The molecule has 2 rings (SSSR count). The quantitative estimate of drug-likeness (QED) is 0.774. The van der Waals surface area contributed by atoms with E-state index in [1.807, 2.05) is 0 Å². The average molecular weight is 271 g/mol. The maximum Gasteiger partial charge on any atom is 0.451 e. The number of hydrogen-bond acceptors (Lipinski definition) is 4. The predicted molar refractivity (Wildman–Crippen MR) is 52.5 cm³/mol. The van der Waals surface area contributed by atoms with E-state index in [1.54, 1.807) is 0 Å². The van der Waals surface area contributed by atoms with E-state index < -0.39 is 12.0 Å². The normalized spacial score (nSPS) is 17.2. The number of alkyl halides is 3. The van der Waals surface area contributed by atoms with E-state index in [1.165, 1.54) is 17.8 Å². The second kappa shape index (κ2) is 4.38. The van der Waals surface area contributed by atoms with Crippen LogP contribution in [0, 0.1) is 0 Å². The third kappa shape index (κ3) is 2.78. The molecule has 0 aromatic carbocycles. The van der Waals surface area contributed by atoms with Crippen LogP contribution in [0.1, 0.15) is 5.82 Å². The van der Waals surface area contributed by atoms with Crippen LogP contribution < -0.4 is 0 Å². The molecule has 88 valence electrons. The highest BCUT2D eigenvalue weighted by Crippen LogP contribution is 2.32. The summed E-state index contributed by atoms with van der Waals surface area (Å²) in [7, 11) is 0. The fourth-order valence-electron chi connectivity index (χ4n) is 1.04. The third-order valence-corrected chi connectivity index (χ3v) is 3.07. The molecule has 3 nitrogen and oxygen atoms in total. The zero-order chi connectivity index (χ0) is 11.8. The first-order chi connectivity index (χ1) is 7.45. The van der Waals surface area contributed by atoms with Crippen molar-refractivity contribution in [3.8, 4) is 0 Å². The van der Waals surface area contributed by atoms with Crippen molar-refractivity contribution in [1.82, 2.24) is 9.97 Å². The van der Waals surface area contributed by atoms with Gasteiger partial charge < -0.3 is 4.74 Å². The average Bonchev–Trinajstić information content (AvgIpc) is 2.09. The molecule has 0 aliphatic carbocycles.